The maximum atomic E-state index is 10.7. The number of carboxylic acid groups (broad SMARTS) is 1. The number of carboxylic acids is 1. The van der Waals surface area contributed by atoms with Crippen LogP contribution in [0.4, 0.5) is 0 Å². The first-order valence-corrected chi connectivity index (χ1v) is 5.80. The lowest BCUT2D eigenvalue weighted by atomic mass is 9.82. The molecule has 4 nitrogen and oxygen atoms in total. The average Bonchev–Trinajstić information content (AvgIpc) is 2.34. The van der Waals surface area contributed by atoms with E-state index in [0.717, 1.165) is 16.7 Å². The SMILES string of the molecule is CC1=CC(CC(=O)O)=CNC1(C)c1ccncc1. The molecule has 0 amide bonds. The van der Waals surface area contributed by atoms with Crippen LogP contribution in [0.1, 0.15) is 25.8 Å². The summed E-state index contributed by atoms with van der Waals surface area (Å²) in [6, 6.07) is 3.92. The van der Waals surface area contributed by atoms with Gasteiger partial charge in [-0.15, -0.1) is 0 Å². The van der Waals surface area contributed by atoms with Crippen LogP contribution in [0.2, 0.25) is 0 Å². The lowest BCUT2D eigenvalue weighted by Gasteiger charge is -2.35. The number of nitrogens with zero attached hydrogens (tertiary/aromatic N) is 1. The van der Waals surface area contributed by atoms with Crippen LogP contribution in [-0.2, 0) is 10.3 Å². The summed E-state index contributed by atoms with van der Waals surface area (Å²) in [6.45, 7) is 4.07. The molecule has 2 rings (SSSR count). The van der Waals surface area contributed by atoms with Gasteiger partial charge in [-0.3, -0.25) is 9.78 Å². The number of rotatable bonds is 3. The maximum Gasteiger partial charge on any atom is 0.307 e. The molecular weight excluding hydrogens is 228 g/mol. The second-order valence-electron chi connectivity index (χ2n) is 4.62. The Balaban J connectivity index is 2.28. The standard InChI is InChI=1S/C14H16N2O2/c1-10-7-11(8-13(17)18)9-16-14(10,2)12-3-5-15-6-4-12/h3-7,9,16H,8H2,1-2H3,(H,17,18). The quantitative estimate of drug-likeness (QED) is 0.855. The van der Waals surface area contributed by atoms with Gasteiger partial charge in [-0.25, -0.2) is 0 Å². The summed E-state index contributed by atoms with van der Waals surface area (Å²) in [4.78, 5) is 14.7. The van der Waals surface area contributed by atoms with Gasteiger partial charge in [0.2, 0.25) is 0 Å². The predicted molar refractivity (Wildman–Crippen MR) is 68.8 cm³/mol. The Kier molecular flexibility index (Phi) is 3.19. The van der Waals surface area contributed by atoms with Gasteiger partial charge in [0.15, 0.2) is 0 Å². The highest BCUT2D eigenvalue weighted by atomic mass is 16.4. The van der Waals surface area contributed by atoms with E-state index in [1.165, 1.54) is 0 Å². The fourth-order valence-electron chi connectivity index (χ4n) is 2.09. The summed E-state index contributed by atoms with van der Waals surface area (Å²) in [5.74, 6) is -0.820. The normalized spacial score (nSPS) is 22.8. The van der Waals surface area contributed by atoms with Crippen molar-refractivity contribution in [3.63, 3.8) is 0 Å². The summed E-state index contributed by atoms with van der Waals surface area (Å²) in [5, 5.41) is 12.1. The van der Waals surface area contributed by atoms with Gasteiger partial charge < -0.3 is 10.4 Å². The van der Waals surface area contributed by atoms with Crippen molar-refractivity contribution in [3.05, 3.63) is 53.5 Å². The molecule has 0 saturated heterocycles. The first-order chi connectivity index (χ1) is 8.52. The van der Waals surface area contributed by atoms with E-state index < -0.39 is 5.97 Å². The minimum Gasteiger partial charge on any atom is -0.481 e. The molecule has 18 heavy (non-hydrogen) atoms. The molecule has 0 fully saturated rings. The molecule has 1 aromatic rings. The number of allylic oxidation sites excluding steroid dienone is 1. The van der Waals surface area contributed by atoms with Crippen LogP contribution in [0.25, 0.3) is 0 Å². The van der Waals surface area contributed by atoms with Crippen molar-refractivity contribution < 1.29 is 9.90 Å². The molecule has 1 aromatic heterocycles. The molecule has 2 heterocycles. The molecule has 94 valence electrons. The van der Waals surface area contributed by atoms with Crippen molar-refractivity contribution in [2.75, 3.05) is 0 Å². The van der Waals surface area contributed by atoms with E-state index in [1.54, 1.807) is 18.6 Å². The third kappa shape index (κ3) is 2.27. The molecule has 0 aromatic carbocycles. The third-order valence-electron chi connectivity index (χ3n) is 3.35. The number of pyridine rings is 1. The summed E-state index contributed by atoms with van der Waals surface area (Å²) >= 11 is 0. The number of hydrogen-bond acceptors (Lipinski definition) is 3. The highest BCUT2D eigenvalue weighted by Crippen LogP contribution is 2.32. The van der Waals surface area contributed by atoms with Crippen LogP contribution >= 0.6 is 0 Å². The van der Waals surface area contributed by atoms with Gasteiger partial charge in [0.1, 0.15) is 0 Å². The average molecular weight is 244 g/mol. The second kappa shape index (κ2) is 4.64. The number of nitrogens with one attached hydrogen (secondary N) is 1. The van der Waals surface area contributed by atoms with Crippen molar-refractivity contribution in [1.82, 2.24) is 10.3 Å². The lowest BCUT2D eigenvalue weighted by Crippen LogP contribution is -2.39. The van der Waals surface area contributed by atoms with Gasteiger partial charge in [0, 0.05) is 18.6 Å². The summed E-state index contributed by atoms with van der Waals surface area (Å²) in [7, 11) is 0. The Morgan fingerprint density at radius 2 is 2.11 bits per heavy atom. The van der Waals surface area contributed by atoms with Crippen LogP contribution in [-0.4, -0.2) is 16.1 Å². The fraction of sp³-hybridized carbons (Fsp3) is 0.286. The Bertz CT molecular complexity index is 520. The van der Waals surface area contributed by atoms with Crippen molar-refractivity contribution in [1.29, 1.82) is 0 Å². The van der Waals surface area contributed by atoms with E-state index in [0.29, 0.717) is 0 Å². The molecule has 4 heteroatoms. The molecular formula is C14H16N2O2. The summed E-state index contributed by atoms with van der Waals surface area (Å²) in [6.07, 6.45) is 7.27. The molecule has 0 aliphatic carbocycles. The van der Waals surface area contributed by atoms with E-state index in [4.69, 9.17) is 5.11 Å². The minimum absolute atomic E-state index is 0.0385. The first kappa shape index (κ1) is 12.4. The predicted octanol–water partition coefficient (Wildman–Crippen LogP) is 2.20. The third-order valence-corrected chi connectivity index (χ3v) is 3.35. The molecule has 0 radical (unpaired) electrons. The lowest BCUT2D eigenvalue weighted by molar-refractivity contribution is -0.136. The van der Waals surface area contributed by atoms with Gasteiger partial charge in [-0.1, -0.05) is 6.08 Å². The van der Waals surface area contributed by atoms with Gasteiger partial charge in [-0.05, 0) is 42.7 Å². The van der Waals surface area contributed by atoms with Gasteiger partial charge in [-0.2, -0.15) is 0 Å². The zero-order valence-corrected chi connectivity index (χ0v) is 10.5. The van der Waals surface area contributed by atoms with Crippen molar-refractivity contribution in [3.8, 4) is 0 Å². The molecule has 0 bridgehead atoms. The number of hydrogen-bond donors (Lipinski definition) is 2. The van der Waals surface area contributed by atoms with E-state index >= 15 is 0 Å². The first-order valence-electron chi connectivity index (χ1n) is 5.80. The second-order valence-corrected chi connectivity index (χ2v) is 4.62. The fourth-order valence-corrected chi connectivity index (χ4v) is 2.09. The van der Waals surface area contributed by atoms with Crippen LogP contribution in [0.15, 0.2) is 47.9 Å². The zero-order chi connectivity index (χ0) is 13.2. The molecule has 1 aliphatic heterocycles. The maximum absolute atomic E-state index is 10.7. The monoisotopic (exact) mass is 244 g/mol. The molecule has 2 N–H and O–H groups in total. The zero-order valence-electron chi connectivity index (χ0n) is 10.5. The Morgan fingerprint density at radius 1 is 1.44 bits per heavy atom. The minimum atomic E-state index is -0.820. The van der Waals surface area contributed by atoms with E-state index in [2.05, 4.69) is 17.2 Å². The highest BCUT2D eigenvalue weighted by Gasteiger charge is 2.29. The number of dihydropyridines is 1. The number of aromatic nitrogens is 1. The van der Waals surface area contributed by atoms with Crippen molar-refractivity contribution >= 4 is 5.97 Å². The van der Waals surface area contributed by atoms with Gasteiger partial charge >= 0.3 is 5.97 Å². The topological polar surface area (TPSA) is 62.2 Å². The van der Waals surface area contributed by atoms with Gasteiger partial charge in [0.25, 0.3) is 0 Å². The van der Waals surface area contributed by atoms with Crippen molar-refractivity contribution in [2.24, 2.45) is 0 Å². The van der Waals surface area contributed by atoms with E-state index in [-0.39, 0.29) is 12.0 Å². The Labute approximate surface area is 106 Å². The summed E-state index contributed by atoms with van der Waals surface area (Å²) in [5.41, 5.74) is 2.68. The molecule has 1 aliphatic rings. The van der Waals surface area contributed by atoms with E-state index in [9.17, 15) is 4.79 Å². The molecule has 1 unspecified atom stereocenters. The smallest absolute Gasteiger partial charge is 0.307 e. The molecule has 1 atom stereocenters. The van der Waals surface area contributed by atoms with Crippen molar-refractivity contribution in [2.45, 2.75) is 25.8 Å². The summed E-state index contributed by atoms with van der Waals surface area (Å²) < 4.78 is 0. The molecule has 0 spiro atoms. The Hall–Kier alpha value is -2.10. The van der Waals surface area contributed by atoms with Gasteiger partial charge in [0.05, 0.1) is 12.0 Å². The molecule has 0 saturated carbocycles. The van der Waals surface area contributed by atoms with Crippen LogP contribution in [0.5, 0.6) is 0 Å². The number of carbonyl (C=O) groups is 1. The van der Waals surface area contributed by atoms with Crippen LogP contribution in [0.3, 0.4) is 0 Å². The van der Waals surface area contributed by atoms with E-state index in [1.807, 2.05) is 25.1 Å². The Morgan fingerprint density at radius 3 is 2.67 bits per heavy atom. The highest BCUT2D eigenvalue weighted by molar-refractivity contribution is 5.71. The van der Waals surface area contributed by atoms with Crippen LogP contribution in [0, 0.1) is 0 Å². The van der Waals surface area contributed by atoms with Crippen LogP contribution < -0.4 is 5.32 Å². The largest absolute Gasteiger partial charge is 0.481 e. The number of aliphatic carboxylic acids is 1.